The summed E-state index contributed by atoms with van der Waals surface area (Å²) in [5, 5.41) is 2.86. The maximum atomic E-state index is 13.4. The molecule has 0 bridgehead atoms. The maximum Gasteiger partial charge on any atom is 0.326 e. The van der Waals surface area contributed by atoms with Crippen molar-refractivity contribution in [3.8, 4) is 0 Å². The molecular formula is C25H27N3O3. The molecule has 0 radical (unpaired) electrons. The minimum Gasteiger partial charge on any atom is -0.336 e. The van der Waals surface area contributed by atoms with Crippen LogP contribution in [-0.4, -0.2) is 40.2 Å². The molecular weight excluding hydrogens is 390 g/mol. The van der Waals surface area contributed by atoms with Gasteiger partial charge >= 0.3 is 6.03 Å². The summed E-state index contributed by atoms with van der Waals surface area (Å²) < 4.78 is 0. The maximum absolute atomic E-state index is 13.4. The van der Waals surface area contributed by atoms with Gasteiger partial charge in [-0.1, -0.05) is 42.5 Å². The van der Waals surface area contributed by atoms with Gasteiger partial charge in [-0.3, -0.25) is 9.59 Å². The van der Waals surface area contributed by atoms with Gasteiger partial charge < -0.3 is 10.2 Å². The van der Waals surface area contributed by atoms with E-state index in [0.29, 0.717) is 13.1 Å². The van der Waals surface area contributed by atoms with E-state index in [2.05, 4.69) is 17.4 Å². The van der Waals surface area contributed by atoms with E-state index in [1.165, 1.54) is 16.7 Å². The number of benzene rings is 2. The van der Waals surface area contributed by atoms with Crippen LogP contribution in [0.2, 0.25) is 0 Å². The van der Waals surface area contributed by atoms with Gasteiger partial charge in [0.1, 0.15) is 11.6 Å². The van der Waals surface area contributed by atoms with Gasteiger partial charge in [0.25, 0.3) is 5.91 Å². The van der Waals surface area contributed by atoms with E-state index in [9.17, 15) is 14.4 Å². The van der Waals surface area contributed by atoms with Crippen LogP contribution >= 0.6 is 0 Å². The zero-order chi connectivity index (χ0) is 21.8. The highest BCUT2D eigenvalue weighted by molar-refractivity contribution is 6.10. The van der Waals surface area contributed by atoms with Crippen molar-refractivity contribution < 1.29 is 14.4 Å². The van der Waals surface area contributed by atoms with E-state index in [4.69, 9.17) is 0 Å². The first-order valence-corrected chi connectivity index (χ1v) is 11.0. The molecule has 2 aromatic rings. The van der Waals surface area contributed by atoms with Gasteiger partial charge in [-0.15, -0.1) is 0 Å². The fourth-order valence-electron chi connectivity index (χ4n) is 5.15. The smallest absolute Gasteiger partial charge is 0.326 e. The summed E-state index contributed by atoms with van der Waals surface area (Å²) in [6.07, 6.45) is 3.95. The zero-order valence-corrected chi connectivity index (χ0v) is 18.0. The van der Waals surface area contributed by atoms with Crippen LogP contribution in [0, 0.1) is 0 Å². The Morgan fingerprint density at radius 2 is 1.71 bits per heavy atom. The molecule has 0 aromatic heterocycles. The number of aryl methyl sites for hydroxylation is 2. The lowest BCUT2D eigenvalue weighted by Crippen LogP contribution is -2.51. The fraction of sp³-hybridized carbons (Fsp3) is 0.400. The number of nitrogens with one attached hydrogen (secondary N) is 1. The Labute approximate surface area is 182 Å². The molecule has 6 nitrogen and oxygen atoms in total. The monoisotopic (exact) mass is 417 g/mol. The second-order valence-corrected chi connectivity index (χ2v) is 9.02. The molecule has 2 unspecified atom stereocenters. The molecule has 2 atom stereocenters. The molecule has 1 saturated heterocycles. The average Bonchev–Trinajstić information content (AvgIpc) is 3.34. The molecule has 6 heteroatoms. The second kappa shape index (κ2) is 7.22. The number of imide groups is 1. The van der Waals surface area contributed by atoms with Crippen molar-refractivity contribution in [2.24, 2.45) is 0 Å². The third kappa shape index (κ3) is 3.12. The van der Waals surface area contributed by atoms with E-state index in [1.54, 1.807) is 18.7 Å². The summed E-state index contributed by atoms with van der Waals surface area (Å²) in [6.45, 7) is 4.48. The highest BCUT2D eigenvalue weighted by Crippen LogP contribution is 2.34. The fourth-order valence-corrected chi connectivity index (χ4v) is 5.15. The number of urea groups is 1. The molecule has 3 aliphatic rings. The average molecular weight is 418 g/mol. The van der Waals surface area contributed by atoms with Gasteiger partial charge in [-0.05, 0) is 67.3 Å². The van der Waals surface area contributed by atoms with Gasteiger partial charge in [-0.2, -0.15) is 0 Å². The predicted molar refractivity (Wildman–Crippen MR) is 116 cm³/mol. The Bertz CT molecular complexity index is 1100. The van der Waals surface area contributed by atoms with Gasteiger partial charge in [0, 0.05) is 13.1 Å². The van der Waals surface area contributed by atoms with Crippen molar-refractivity contribution >= 4 is 17.8 Å². The normalized spacial score (nSPS) is 23.4. The molecule has 0 spiro atoms. The van der Waals surface area contributed by atoms with Crippen LogP contribution in [-0.2, 0) is 40.9 Å². The number of carbonyl (C=O) groups excluding carboxylic acids is 3. The van der Waals surface area contributed by atoms with Crippen molar-refractivity contribution in [3.63, 3.8) is 0 Å². The molecule has 5 rings (SSSR count). The molecule has 160 valence electrons. The van der Waals surface area contributed by atoms with Crippen LogP contribution in [0.4, 0.5) is 4.79 Å². The minimum atomic E-state index is -1.16. The minimum absolute atomic E-state index is 0.198. The lowest BCUT2D eigenvalue weighted by atomic mass is 9.89. The number of hydrogen-bond donors (Lipinski definition) is 1. The third-order valence-electron chi connectivity index (χ3n) is 7.09. The number of nitrogens with zero attached hydrogens (tertiary/aromatic N) is 2. The van der Waals surface area contributed by atoms with E-state index >= 15 is 0 Å². The van der Waals surface area contributed by atoms with Crippen molar-refractivity contribution in [2.45, 2.75) is 57.7 Å². The summed E-state index contributed by atoms with van der Waals surface area (Å²) in [7, 11) is 0. The number of fused-ring (bicyclic) bond motifs is 2. The first-order valence-electron chi connectivity index (χ1n) is 11.0. The summed E-state index contributed by atoms with van der Waals surface area (Å²) in [5.41, 5.74) is 4.55. The molecule has 1 aliphatic carbocycles. The van der Waals surface area contributed by atoms with Gasteiger partial charge in [-0.25, -0.2) is 9.69 Å². The molecule has 1 fully saturated rings. The number of carbonyl (C=O) groups is 3. The van der Waals surface area contributed by atoms with Crippen LogP contribution in [0.15, 0.2) is 42.5 Å². The lowest BCUT2D eigenvalue weighted by Gasteiger charge is -2.33. The van der Waals surface area contributed by atoms with E-state index in [1.807, 2.05) is 30.3 Å². The molecule has 1 N–H and O–H groups in total. The lowest BCUT2D eigenvalue weighted by molar-refractivity contribution is -0.143. The zero-order valence-electron chi connectivity index (χ0n) is 18.0. The van der Waals surface area contributed by atoms with E-state index in [-0.39, 0.29) is 11.8 Å². The summed E-state index contributed by atoms with van der Waals surface area (Å²) in [4.78, 5) is 42.4. The van der Waals surface area contributed by atoms with Gasteiger partial charge in [0.15, 0.2) is 0 Å². The van der Waals surface area contributed by atoms with E-state index < -0.39 is 17.6 Å². The quantitative estimate of drug-likeness (QED) is 0.781. The van der Waals surface area contributed by atoms with Crippen molar-refractivity contribution in [1.82, 2.24) is 15.1 Å². The summed E-state index contributed by atoms with van der Waals surface area (Å²) >= 11 is 0. The molecule has 2 aromatic carbocycles. The third-order valence-corrected chi connectivity index (χ3v) is 7.09. The topological polar surface area (TPSA) is 69.7 Å². The first-order chi connectivity index (χ1) is 14.9. The largest absolute Gasteiger partial charge is 0.336 e. The summed E-state index contributed by atoms with van der Waals surface area (Å²) in [5.74, 6) is -0.565. The Hall–Kier alpha value is -3.15. The Morgan fingerprint density at radius 3 is 2.52 bits per heavy atom. The molecule has 2 aliphatic heterocycles. The van der Waals surface area contributed by atoms with Gasteiger partial charge in [0.05, 0.1) is 0 Å². The van der Waals surface area contributed by atoms with Crippen LogP contribution in [0.3, 0.4) is 0 Å². The van der Waals surface area contributed by atoms with Crippen LogP contribution in [0.5, 0.6) is 0 Å². The molecule has 2 heterocycles. The Balaban J connectivity index is 1.37. The second-order valence-electron chi connectivity index (χ2n) is 9.02. The highest BCUT2D eigenvalue weighted by atomic mass is 16.2. The van der Waals surface area contributed by atoms with Crippen molar-refractivity contribution in [3.05, 3.63) is 70.3 Å². The number of amides is 4. The first kappa shape index (κ1) is 19.8. The molecule has 4 amide bonds. The number of rotatable bonds is 3. The Morgan fingerprint density at radius 1 is 1.00 bits per heavy atom. The predicted octanol–water partition coefficient (Wildman–Crippen LogP) is 2.92. The van der Waals surface area contributed by atoms with Gasteiger partial charge in [0.2, 0.25) is 5.91 Å². The number of hydrogen-bond acceptors (Lipinski definition) is 3. The standard InChI is InChI=1S/C25H27N3O3/c1-16(22(29)27-13-12-18-6-3-4-7-20(18)15-27)28-23(30)25(2,26-24(28)31)21-11-10-17-8-5-9-19(17)14-21/h3-4,6-7,10-11,14,16H,5,8-9,12-13,15H2,1-2H3,(H,26,31). The highest BCUT2D eigenvalue weighted by Gasteiger charge is 2.52. The van der Waals surface area contributed by atoms with E-state index in [0.717, 1.165) is 41.7 Å². The van der Waals surface area contributed by atoms with Crippen molar-refractivity contribution in [2.75, 3.05) is 6.54 Å². The van der Waals surface area contributed by atoms with Crippen molar-refractivity contribution in [1.29, 1.82) is 0 Å². The Kier molecular flexibility index (Phi) is 4.61. The molecule has 0 saturated carbocycles. The SMILES string of the molecule is CC(C(=O)N1CCc2ccccc2C1)N1C(=O)NC(C)(c2ccc3c(c2)CCC3)C1=O. The molecule has 31 heavy (non-hydrogen) atoms. The summed E-state index contributed by atoms with van der Waals surface area (Å²) in [6, 6.07) is 12.8. The van der Waals surface area contributed by atoms with Crippen LogP contribution in [0.1, 0.15) is 48.1 Å². The van der Waals surface area contributed by atoms with Crippen LogP contribution < -0.4 is 5.32 Å². The van der Waals surface area contributed by atoms with Crippen LogP contribution in [0.25, 0.3) is 0 Å².